The third kappa shape index (κ3) is 3.69. The van der Waals surface area contributed by atoms with Crippen LogP contribution in [0.25, 0.3) is 0 Å². The maximum absolute atomic E-state index is 5.79. The lowest BCUT2D eigenvalue weighted by atomic mass is 9.79. The van der Waals surface area contributed by atoms with Crippen molar-refractivity contribution < 1.29 is 4.74 Å². The molecule has 4 atom stereocenters. The largest absolute Gasteiger partial charge is 0.375 e. The topological polar surface area (TPSA) is 21.3 Å². The number of hydrogen-bond donors (Lipinski definition) is 1. The number of rotatable bonds is 2. The molecule has 2 nitrogen and oxygen atoms in total. The quantitative estimate of drug-likeness (QED) is 0.798. The van der Waals surface area contributed by atoms with Gasteiger partial charge in [0.05, 0.1) is 5.60 Å². The maximum Gasteiger partial charge on any atom is 0.0641 e. The Kier molecular flexibility index (Phi) is 4.14. The predicted octanol–water partition coefficient (Wildman–Crippen LogP) is 3.36. The Hall–Kier alpha value is -0.0800. The van der Waals surface area contributed by atoms with Gasteiger partial charge < -0.3 is 10.1 Å². The van der Waals surface area contributed by atoms with Crippen LogP contribution in [-0.2, 0) is 4.74 Å². The highest BCUT2D eigenvalue weighted by Crippen LogP contribution is 2.31. The predicted molar refractivity (Wildman–Crippen MR) is 72.2 cm³/mol. The van der Waals surface area contributed by atoms with Gasteiger partial charge in [-0.3, -0.25) is 0 Å². The van der Waals surface area contributed by atoms with E-state index >= 15 is 0 Å². The second-order valence-corrected chi connectivity index (χ2v) is 6.97. The van der Waals surface area contributed by atoms with Gasteiger partial charge in [-0.1, -0.05) is 13.8 Å². The fourth-order valence-electron chi connectivity index (χ4n) is 3.59. The molecule has 100 valence electrons. The first-order valence-corrected chi connectivity index (χ1v) is 7.36. The Balaban J connectivity index is 1.84. The van der Waals surface area contributed by atoms with Gasteiger partial charge in [-0.25, -0.2) is 0 Å². The van der Waals surface area contributed by atoms with Gasteiger partial charge in [0.1, 0.15) is 0 Å². The molecule has 4 unspecified atom stereocenters. The van der Waals surface area contributed by atoms with Crippen molar-refractivity contribution in [3.8, 4) is 0 Å². The van der Waals surface area contributed by atoms with Crippen LogP contribution in [0.4, 0.5) is 0 Å². The molecule has 2 heteroatoms. The van der Waals surface area contributed by atoms with E-state index in [1.807, 2.05) is 0 Å². The van der Waals surface area contributed by atoms with Crippen LogP contribution >= 0.6 is 0 Å². The molecule has 0 aromatic rings. The maximum atomic E-state index is 5.79. The zero-order chi connectivity index (χ0) is 12.5. The van der Waals surface area contributed by atoms with E-state index in [9.17, 15) is 0 Å². The third-order valence-electron chi connectivity index (χ3n) is 4.58. The molecule has 1 aliphatic heterocycles. The molecule has 1 heterocycles. The molecule has 1 saturated carbocycles. The molecule has 0 aromatic carbocycles. The van der Waals surface area contributed by atoms with Crippen LogP contribution in [0.3, 0.4) is 0 Å². The van der Waals surface area contributed by atoms with Crippen molar-refractivity contribution in [3.63, 3.8) is 0 Å². The first kappa shape index (κ1) is 13.4. The summed E-state index contributed by atoms with van der Waals surface area (Å²) in [7, 11) is 0. The molecular formula is C15H29NO. The first-order chi connectivity index (χ1) is 7.96. The molecule has 0 bridgehead atoms. The highest BCUT2D eigenvalue weighted by Gasteiger charge is 2.32. The first-order valence-electron chi connectivity index (χ1n) is 7.36. The van der Waals surface area contributed by atoms with E-state index in [1.54, 1.807) is 0 Å². The van der Waals surface area contributed by atoms with E-state index in [-0.39, 0.29) is 5.60 Å². The molecule has 1 aliphatic carbocycles. The van der Waals surface area contributed by atoms with Crippen LogP contribution in [0, 0.1) is 11.8 Å². The standard InChI is InChI=1S/C15H29NO/c1-11-5-6-14(12(2)9-11)16-13-7-8-17-15(3,4)10-13/h11-14,16H,5-10H2,1-4H3. The summed E-state index contributed by atoms with van der Waals surface area (Å²) in [6.07, 6.45) is 6.49. The molecule has 1 saturated heterocycles. The van der Waals surface area contributed by atoms with Crippen molar-refractivity contribution in [2.24, 2.45) is 11.8 Å². The molecule has 0 radical (unpaired) electrons. The molecule has 1 N–H and O–H groups in total. The fourth-order valence-corrected chi connectivity index (χ4v) is 3.59. The van der Waals surface area contributed by atoms with E-state index in [4.69, 9.17) is 4.74 Å². The van der Waals surface area contributed by atoms with Crippen molar-refractivity contribution in [1.82, 2.24) is 5.32 Å². The van der Waals surface area contributed by atoms with Crippen molar-refractivity contribution >= 4 is 0 Å². The summed E-state index contributed by atoms with van der Waals surface area (Å²) in [5.74, 6) is 1.76. The summed E-state index contributed by atoms with van der Waals surface area (Å²) < 4.78 is 5.79. The highest BCUT2D eigenvalue weighted by atomic mass is 16.5. The van der Waals surface area contributed by atoms with Gasteiger partial charge in [0.2, 0.25) is 0 Å². The third-order valence-corrected chi connectivity index (χ3v) is 4.58. The van der Waals surface area contributed by atoms with Crippen LogP contribution in [0.15, 0.2) is 0 Å². The van der Waals surface area contributed by atoms with Gasteiger partial charge in [0.25, 0.3) is 0 Å². The zero-order valence-corrected chi connectivity index (χ0v) is 12.0. The second kappa shape index (κ2) is 5.27. The van der Waals surface area contributed by atoms with Crippen LogP contribution in [0.1, 0.15) is 59.8 Å². The van der Waals surface area contributed by atoms with Gasteiger partial charge in [-0.15, -0.1) is 0 Å². The Labute approximate surface area is 107 Å². The van der Waals surface area contributed by atoms with E-state index in [1.165, 1.54) is 25.7 Å². The van der Waals surface area contributed by atoms with Gasteiger partial charge in [-0.05, 0) is 57.8 Å². The van der Waals surface area contributed by atoms with Crippen LogP contribution in [-0.4, -0.2) is 24.3 Å². The minimum Gasteiger partial charge on any atom is -0.375 e. The van der Waals surface area contributed by atoms with Crippen molar-refractivity contribution in [3.05, 3.63) is 0 Å². The fraction of sp³-hybridized carbons (Fsp3) is 1.00. The molecule has 2 rings (SSSR count). The van der Waals surface area contributed by atoms with Crippen LogP contribution < -0.4 is 5.32 Å². The molecule has 0 spiro atoms. The van der Waals surface area contributed by atoms with Crippen molar-refractivity contribution in [1.29, 1.82) is 0 Å². The summed E-state index contributed by atoms with van der Waals surface area (Å²) in [5, 5.41) is 3.90. The highest BCUT2D eigenvalue weighted by molar-refractivity contribution is 4.88. The summed E-state index contributed by atoms with van der Waals surface area (Å²) in [6, 6.07) is 1.41. The second-order valence-electron chi connectivity index (χ2n) is 6.97. The number of ether oxygens (including phenoxy) is 1. The minimum absolute atomic E-state index is 0.0705. The molecular weight excluding hydrogens is 210 g/mol. The van der Waals surface area contributed by atoms with Crippen LogP contribution in [0.2, 0.25) is 0 Å². The van der Waals surface area contributed by atoms with Crippen molar-refractivity contribution in [2.45, 2.75) is 77.5 Å². The summed E-state index contributed by atoms with van der Waals surface area (Å²) in [5.41, 5.74) is 0.0705. The van der Waals surface area contributed by atoms with E-state index < -0.39 is 0 Å². The summed E-state index contributed by atoms with van der Waals surface area (Å²) in [6.45, 7) is 10.2. The normalized spacial score (nSPS) is 42.4. The van der Waals surface area contributed by atoms with E-state index in [0.29, 0.717) is 6.04 Å². The lowest BCUT2D eigenvalue weighted by Crippen LogP contribution is -2.50. The average molecular weight is 239 g/mol. The molecule has 0 aromatic heterocycles. The monoisotopic (exact) mass is 239 g/mol. The Morgan fingerprint density at radius 1 is 1.12 bits per heavy atom. The Bertz CT molecular complexity index is 251. The zero-order valence-electron chi connectivity index (χ0n) is 12.0. The lowest BCUT2D eigenvalue weighted by molar-refractivity contribution is -0.0656. The average Bonchev–Trinajstić information content (AvgIpc) is 2.21. The number of hydrogen-bond acceptors (Lipinski definition) is 2. The van der Waals surface area contributed by atoms with Crippen LogP contribution in [0.5, 0.6) is 0 Å². The summed E-state index contributed by atoms with van der Waals surface area (Å²) >= 11 is 0. The van der Waals surface area contributed by atoms with Crippen molar-refractivity contribution in [2.75, 3.05) is 6.61 Å². The lowest BCUT2D eigenvalue weighted by Gasteiger charge is -2.41. The molecule has 0 amide bonds. The summed E-state index contributed by atoms with van der Waals surface area (Å²) in [4.78, 5) is 0. The Morgan fingerprint density at radius 3 is 2.53 bits per heavy atom. The molecule has 2 fully saturated rings. The smallest absolute Gasteiger partial charge is 0.0641 e. The van der Waals surface area contributed by atoms with Gasteiger partial charge >= 0.3 is 0 Å². The SMILES string of the molecule is CC1CCC(NC2CCOC(C)(C)C2)C(C)C1. The van der Waals surface area contributed by atoms with E-state index in [0.717, 1.165) is 30.9 Å². The molecule has 2 aliphatic rings. The van der Waals surface area contributed by atoms with Gasteiger partial charge in [-0.2, -0.15) is 0 Å². The number of nitrogens with one attached hydrogen (secondary N) is 1. The van der Waals surface area contributed by atoms with Gasteiger partial charge in [0, 0.05) is 18.7 Å². The molecule has 17 heavy (non-hydrogen) atoms. The minimum atomic E-state index is 0.0705. The van der Waals surface area contributed by atoms with E-state index in [2.05, 4.69) is 33.0 Å². The Morgan fingerprint density at radius 2 is 1.88 bits per heavy atom. The van der Waals surface area contributed by atoms with Gasteiger partial charge in [0.15, 0.2) is 0 Å².